The molecule has 104 valence electrons. The second-order valence-corrected chi connectivity index (χ2v) is 4.76. The van der Waals surface area contributed by atoms with Crippen LogP contribution in [0.4, 0.5) is 0 Å². The first-order chi connectivity index (χ1) is 10.3. The van der Waals surface area contributed by atoms with Gasteiger partial charge in [-0.25, -0.2) is 9.78 Å². The molecule has 0 amide bonds. The van der Waals surface area contributed by atoms with Gasteiger partial charge in [0.25, 0.3) is 0 Å². The van der Waals surface area contributed by atoms with E-state index >= 15 is 0 Å². The van der Waals surface area contributed by atoms with Crippen LogP contribution in [0.25, 0.3) is 33.6 Å². The van der Waals surface area contributed by atoms with Gasteiger partial charge in [-0.1, -0.05) is 0 Å². The maximum absolute atomic E-state index is 11.8. The monoisotopic (exact) mass is 280 g/mol. The summed E-state index contributed by atoms with van der Waals surface area (Å²) in [5.74, 6) is 0.663. The Bertz CT molecular complexity index is 995. The second-order valence-electron chi connectivity index (χ2n) is 4.76. The summed E-state index contributed by atoms with van der Waals surface area (Å²) >= 11 is 0. The van der Waals surface area contributed by atoms with Gasteiger partial charge in [-0.15, -0.1) is 5.10 Å². The molecule has 0 radical (unpaired) electrons. The van der Waals surface area contributed by atoms with Gasteiger partial charge in [-0.3, -0.25) is 4.57 Å². The summed E-state index contributed by atoms with van der Waals surface area (Å²) in [7, 11) is 0. The summed E-state index contributed by atoms with van der Waals surface area (Å²) in [6.45, 7) is 2.56. The van der Waals surface area contributed by atoms with Crippen LogP contribution < -0.4 is 5.69 Å². The van der Waals surface area contributed by atoms with Crippen LogP contribution in [-0.4, -0.2) is 29.7 Å². The van der Waals surface area contributed by atoms with Gasteiger partial charge < -0.3 is 9.97 Å². The number of hydrogen-bond acceptors (Lipinski definition) is 4. The SMILES string of the molecule is CCn1c(=O)[nH]c2cc3[nH]c(-c4cccnn4)nc3cc21. The van der Waals surface area contributed by atoms with Crippen molar-refractivity contribution in [1.29, 1.82) is 0 Å². The summed E-state index contributed by atoms with van der Waals surface area (Å²) in [6.07, 6.45) is 1.62. The lowest BCUT2D eigenvalue weighted by Crippen LogP contribution is -2.14. The molecule has 0 aliphatic heterocycles. The van der Waals surface area contributed by atoms with Crippen molar-refractivity contribution in [3.63, 3.8) is 0 Å². The van der Waals surface area contributed by atoms with E-state index < -0.39 is 0 Å². The van der Waals surface area contributed by atoms with Crippen molar-refractivity contribution in [3.8, 4) is 11.5 Å². The lowest BCUT2D eigenvalue weighted by Gasteiger charge is -1.96. The second kappa shape index (κ2) is 4.27. The molecule has 3 heterocycles. The molecule has 4 aromatic rings. The van der Waals surface area contributed by atoms with Gasteiger partial charge in [-0.2, -0.15) is 5.10 Å². The molecule has 0 spiro atoms. The lowest BCUT2D eigenvalue weighted by molar-refractivity contribution is 0.753. The van der Waals surface area contributed by atoms with E-state index in [0.29, 0.717) is 18.1 Å². The van der Waals surface area contributed by atoms with Gasteiger partial charge in [-0.05, 0) is 31.2 Å². The summed E-state index contributed by atoms with van der Waals surface area (Å²) in [6, 6.07) is 7.46. The molecule has 0 bridgehead atoms. The highest BCUT2D eigenvalue weighted by molar-refractivity contribution is 5.92. The third kappa shape index (κ3) is 1.74. The Morgan fingerprint density at radius 3 is 2.90 bits per heavy atom. The number of hydrogen-bond donors (Lipinski definition) is 2. The topological polar surface area (TPSA) is 92.2 Å². The first-order valence-electron chi connectivity index (χ1n) is 6.66. The Kier molecular flexibility index (Phi) is 2.41. The molecule has 7 nitrogen and oxygen atoms in total. The van der Waals surface area contributed by atoms with Crippen molar-refractivity contribution in [2.45, 2.75) is 13.5 Å². The fraction of sp³-hybridized carbons (Fsp3) is 0.143. The average molecular weight is 280 g/mol. The average Bonchev–Trinajstić information content (AvgIpc) is 3.04. The molecule has 21 heavy (non-hydrogen) atoms. The van der Waals surface area contributed by atoms with Crippen LogP contribution in [0.1, 0.15) is 6.92 Å². The Hall–Kier alpha value is -2.96. The maximum Gasteiger partial charge on any atom is 0.326 e. The van der Waals surface area contributed by atoms with E-state index in [0.717, 1.165) is 22.1 Å². The Labute approximate surface area is 118 Å². The Balaban J connectivity index is 1.98. The molecule has 0 aliphatic rings. The minimum atomic E-state index is -0.102. The Morgan fingerprint density at radius 2 is 2.14 bits per heavy atom. The first kappa shape index (κ1) is 11.8. The van der Waals surface area contributed by atoms with Crippen molar-refractivity contribution >= 4 is 22.1 Å². The van der Waals surface area contributed by atoms with Crippen molar-refractivity contribution in [2.24, 2.45) is 0 Å². The largest absolute Gasteiger partial charge is 0.337 e. The highest BCUT2D eigenvalue weighted by Crippen LogP contribution is 2.22. The molecule has 2 N–H and O–H groups in total. The Morgan fingerprint density at radius 1 is 1.24 bits per heavy atom. The summed E-state index contributed by atoms with van der Waals surface area (Å²) < 4.78 is 1.69. The van der Waals surface area contributed by atoms with Crippen LogP contribution in [0.5, 0.6) is 0 Å². The van der Waals surface area contributed by atoms with E-state index in [1.165, 1.54) is 0 Å². The van der Waals surface area contributed by atoms with Gasteiger partial charge in [0.05, 0.1) is 22.1 Å². The van der Waals surface area contributed by atoms with Crippen LogP contribution >= 0.6 is 0 Å². The molecule has 0 fully saturated rings. The molecule has 0 saturated heterocycles. The van der Waals surface area contributed by atoms with E-state index in [2.05, 4.69) is 25.1 Å². The van der Waals surface area contributed by atoms with Gasteiger partial charge in [0, 0.05) is 12.7 Å². The zero-order chi connectivity index (χ0) is 14.4. The normalized spacial score (nSPS) is 11.5. The quantitative estimate of drug-likeness (QED) is 0.584. The molecule has 0 atom stereocenters. The molecular weight excluding hydrogens is 268 g/mol. The minimum absolute atomic E-state index is 0.102. The molecule has 1 aromatic carbocycles. The smallest absolute Gasteiger partial charge is 0.326 e. The minimum Gasteiger partial charge on any atom is -0.337 e. The number of aryl methyl sites for hydroxylation is 1. The molecule has 0 unspecified atom stereocenters. The number of rotatable bonds is 2. The van der Waals surface area contributed by atoms with E-state index in [4.69, 9.17) is 0 Å². The number of imidazole rings is 2. The van der Waals surface area contributed by atoms with E-state index in [9.17, 15) is 4.79 Å². The molecule has 4 rings (SSSR count). The van der Waals surface area contributed by atoms with Crippen LogP contribution in [0.3, 0.4) is 0 Å². The van der Waals surface area contributed by atoms with Crippen molar-refractivity contribution in [2.75, 3.05) is 0 Å². The molecule has 7 heteroatoms. The predicted octanol–water partition coefficient (Wildman–Crippen LogP) is 1.68. The van der Waals surface area contributed by atoms with Gasteiger partial charge in [0.1, 0.15) is 5.69 Å². The number of nitrogens with one attached hydrogen (secondary N) is 2. The lowest BCUT2D eigenvalue weighted by atomic mass is 10.2. The zero-order valence-corrected chi connectivity index (χ0v) is 11.3. The number of nitrogens with zero attached hydrogens (tertiary/aromatic N) is 4. The fourth-order valence-electron chi connectivity index (χ4n) is 2.52. The van der Waals surface area contributed by atoms with Crippen LogP contribution in [0.15, 0.2) is 35.3 Å². The third-order valence-corrected chi connectivity index (χ3v) is 3.51. The number of aromatic nitrogens is 6. The van der Waals surface area contributed by atoms with Crippen molar-refractivity contribution in [1.82, 2.24) is 29.7 Å². The third-order valence-electron chi connectivity index (χ3n) is 3.51. The number of fused-ring (bicyclic) bond motifs is 2. The predicted molar refractivity (Wildman–Crippen MR) is 78.9 cm³/mol. The van der Waals surface area contributed by atoms with Crippen molar-refractivity contribution < 1.29 is 0 Å². The molecular formula is C14H12N6O. The standard InChI is InChI=1S/C14H12N6O/c1-2-20-12-7-10-9(6-11(12)18-14(20)21)16-13(17-10)8-4-3-5-15-19-8/h3-7H,2H2,1H3,(H,16,17)(H,18,21). The summed E-state index contributed by atoms with van der Waals surface area (Å²) in [4.78, 5) is 22.4. The van der Waals surface area contributed by atoms with Crippen LogP contribution in [-0.2, 0) is 6.54 Å². The highest BCUT2D eigenvalue weighted by Gasteiger charge is 2.11. The first-order valence-corrected chi connectivity index (χ1v) is 6.66. The van der Waals surface area contributed by atoms with Gasteiger partial charge in [0.15, 0.2) is 5.82 Å². The molecule has 0 saturated carbocycles. The summed E-state index contributed by atoms with van der Waals surface area (Å²) in [5, 5.41) is 7.90. The van der Waals surface area contributed by atoms with Crippen molar-refractivity contribution in [3.05, 3.63) is 40.9 Å². The number of benzene rings is 1. The maximum atomic E-state index is 11.8. The van der Waals surface area contributed by atoms with Gasteiger partial charge in [0.2, 0.25) is 0 Å². The van der Waals surface area contributed by atoms with Crippen LogP contribution in [0, 0.1) is 0 Å². The molecule has 0 aliphatic carbocycles. The van der Waals surface area contributed by atoms with Crippen LogP contribution in [0.2, 0.25) is 0 Å². The zero-order valence-electron chi connectivity index (χ0n) is 11.3. The number of aromatic amines is 2. The highest BCUT2D eigenvalue weighted by atomic mass is 16.1. The fourth-order valence-corrected chi connectivity index (χ4v) is 2.52. The van der Waals surface area contributed by atoms with E-state index in [-0.39, 0.29) is 5.69 Å². The van der Waals surface area contributed by atoms with E-state index in [1.807, 2.05) is 31.2 Å². The van der Waals surface area contributed by atoms with Gasteiger partial charge >= 0.3 is 5.69 Å². The van der Waals surface area contributed by atoms with E-state index in [1.54, 1.807) is 10.8 Å². The summed E-state index contributed by atoms with van der Waals surface area (Å²) in [5.41, 5.74) is 3.88. The molecule has 3 aromatic heterocycles. The number of H-pyrrole nitrogens is 2.